The van der Waals surface area contributed by atoms with E-state index in [1.807, 2.05) is 18.2 Å². The minimum atomic E-state index is -1.65. The Hall–Kier alpha value is -5.11. The molecule has 4 amide bonds. The summed E-state index contributed by atoms with van der Waals surface area (Å²) in [4.78, 5) is 64.1. The molecule has 0 fully saturated rings. The highest BCUT2D eigenvalue weighted by atomic mass is 16.5. The quantitative estimate of drug-likeness (QED) is 0.0908. The van der Waals surface area contributed by atoms with E-state index in [1.54, 1.807) is 93.6 Å². The first-order valence-electron chi connectivity index (χ1n) is 17.6. The zero-order valence-corrected chi connectivity index (χ0v) is 30.7. The molecular formula is C40H52N4O9. The molecule has 0 heterocycles. The lowest BCUT2D eigenvalue weighted by Gasteiger charge is -2.34. The third-order valence-corrected chi connectivity index (χ3v) is 8.34. The Morgan fingerprint density at radius 1 is 0.623 bits per heavy atom. The topological polar surface area (TPSA) is 203 Å². The lowest BCUT2D eigenvalue weighted by molar-refractivity contribution is -0.138. The van der Waals surface area contributed by atoms with Gasteiger partial charge in [0.05, 0.1) is 17.7 Å². The lowest BCUT2D eigenvalue weighted by Crippen LogP contribution is -2.60. The number of carbonyl (C=O) groups is 5. The van der Waals surface area contributed by atoms with Gasteiger partial charge in [0.2, 0.25) is 23.6 Å². The summed E-state index contributed by atoms with van der Waals surface area (Å²) in [6.45, 7) is 6.36. The van der Waals surface area contributed by atoms with Crippen LogP contribution in [0.2, 0.25) is 0 Å². The number of nitrogens with one attached hydrogen (secondary N) is 4. The number of carboxylic acid groups (broad SMARTS) is 1. The molecule has 13 heteroatoms. The maximum atomic E-state index is 14.0. The first-order valence-corrected chi connectivity index (χ1v) is 17.6. The molecule has 286 valence electrons. The fraction of sp³-hybridized carbons (Fsp3) is 0.425. The van der Waals surface area contributed by atoms with Crippen LogP contribution in [-0.2, 0) is 48.0 Å². The second kappa shape index (κ2) is 20.8. The number of hydrogen-bond acceptors (Lipinski definition) is 8. The molecule has 0 aromatic heterocycles. The SMILES string of the molecule is CC(=O)N[C@@H](Cc1ccccc1)C(=O)N[C@@H](CCC(=O)O)C(=O)N[C@@H](Cc1ccccc1)[C@@H](O)[C@H](O)[C@H](Cc1ccccc1)NC(=O)COC(C)(C)C. The molecule has 0 bridgehead atoms. The van der Waals surface area contributed by atoms with Crippen molar-refractivity contribution in [2.45, 2.75) is 102 Å². The highest BCUT2D eigenvalue weighted by Crippen LogP contribution is 2.16. The normalized spacial score (nSPS) is 14.8. The number of carboxylic acids is 1. The Kier molecular flexibility index (Phi) is 16.6. The van der Waals surface area contributed by atoms with Gasteiger partial charge in [0.25, 0.3) is 0 Å². The smallest absolute Gasteiger partial charge is 0.303 e. The van der Waals surface area contributed by atoms with Crippen molar-refractivity contribution in [3.8, 4) is 0 Å². The number of hydrogen-bond donors (Lipinski definition) is 7. The Morgan fingerprint density at radius 3 is 1.49 bits per heavy atom. The third kappa shape index (κ3) is 15.6. The summed E-state index contributed by atoms with van der Waals surface area (Å²) in [5.74, 6) is -3.72. The molecule has 3 aromatic carbocycles. The number of ether oxygens (including phenoxy) is 1. The lowest BCUT2D eigenvalue weighted by atomic mass is 9.90. The molecule has 0 radical (unpaired) electrons. The molecule has 3 rings (SSSR count). The van der Waals surface area contributed by atoms with E-state index < -0.39 is 78.0 Å². The van der Waals surface area contributed by atoms with Crippen molar-refractivity contribution in [2.24, 2.45) is 0 Å². The maximum absolute atomic E-state index is 14.0. The molecule has 0 aliphatic heterocycles. The van der Waals surface area contributed by atoms with Crippen LogP contribution in [0.25, 0.3) is 0 Å². The van der Waals surface area contributed by atoms with Crippen LogP contribution in [0.4, 0.5) is 0 Å². The highest BCUT2D eigenvalue weighted by molar-refractivity contribution is 5.92. The molecule has 0 spiro atoms. The molecular weight excluding hydrogens is 680 g/mol. The number of benzene rings is 3. The van der Waals surface area contributed by atoms with Crippen LogP contribution >= 0.6 is 0 Å². The third-order valence-electron chi connectivity index (χ3n) is 8.34. The van der Waals surface area contributed by atoms with Crippen LogP contribution in [-0.4, -0.2) is 93.5 Å². The Morgan fingerprint density at radius 2 is 1.06 bits per heavy atom. The summed E-state index contributed by atoms with van der Waals surface area (Å²) in [6.07, 6.45) is -3.76. The summed E-state index contributed by atoms with van der Waals surface area (Å²) in [5, 5.41) is 43.6. The summed E-state index contributed by atoms with van der Waals surface area (Å²) in [5.41, 5.74) is 1.61. The molecule has 13 nitrogen and oxygen atoms in total. The largest absolute Gasteiger partial charge is 0.481 e. The van der Waals surface area contributed by atoms with Gasteiger partial charge in [-0.15, -0.1) is 0 Å². The first kappa shape index (κ1) is 42.3. The number of carbonyl (C=O) groups excluding carboxylic acids is 4. The van der Waals surface area contributed by atoms with E-state index in [2.05, 4.69) is 21.3 Å². The van der Waals surface area contributed by atoms with Crippen LogP contribution in [0.15, 0.2) is 91.0 Å². The van der Waals surface area contributed by atoms with Crippen molar-refractivity contribution in [2.75, 3.05) is 6.61 Å². The molecule has 0 unspecified atom stereocenters. The number of amides is 4. The summed E-state index contributed by atoms with van der Waals surface area (Å²) in [6, 6.07) is 22.2. The van der Waals surface area contributed by atoms with Gasteiger partial charge >= 0.3 is 5.97 Å². The second-order valence-electron chi connectivity index (χ2n) is 14.0. The van der Waals surface area contributed by atoms with Crippen LogP contribution < -0.4 is 21.3 Å². The second-order valence-corrected chi connectivity index (χ2v) is 14.0. The minimum Gasteiger partial charge on any atom is -0.481 e. The van der Waals surface area contributed by atoms with Crippen LogP contribution in [0.3, 0.4) is 0 Å². The number of aliphatic hydroxyl groups is 2. The van der Waals surface area contributed by atoms with E-state index in [4.69, 9.17) is 4.74 Å². The van der Waals surface area contributed by atoms with Gasteiger partial charge < -0.3 is 41.3 Å². The van der Waals surface area contributed by atoms with E-state index in [0.29, 0.717) is 5.56 Å². The molecule has 6 atom stereocenters. The monoisotopic (exact) mass is 732 g/mol. The van der Waals surface area contributed by atoms with E-state index in [1.165, 1.54) is 6.92 Å². The minimum absolute atomic E-state index is 0.0338. The average molecular weight is 733 g/mol. The van der Waals surface area contributed by atoms with Gasteiger partial charge in [-0.05, 0) is 56.7 Å². The Balaban J connectivity index is 1.90. The Labute approximate surface area is 310 Å². The van der Waals surface area contributed by atoms with Gasteiger partial charge in [-0.1, -0.05) is 91.0 Å². The van der Waals surface area contributed by atoms with Crippen molar-refractivity contribution in [3.05, 3.63) is 108 Å². The van der Waals surface area contributed by atoms with Gasteiger partial charge in [0, 0.05) is 19.8 Å². The molecule has 3 aromatic rings. The zero-order valence-electron chi connectivity index (χ0n) is 30.7. The van der Waals surface area contributed by atoms with Gasteiger partial charge in [-0.25, -0.2) is 0 Å². The fourth-order valence-electron chi connectivity index (χ4n) is 5.65. The van der Waals surface area contributed by atoms with Crippen molar-refractivity contribution in [1.29, 1.82) is 0 Å². The zero-order chi connectivity index (χ0) is 39.0. The average Bonchev–Trinajstić information content (AvgIpc) is 3.11. The predicted molar refractivity (Wildman–Crippen MR) is 198 cm³/mol. The van der Waals surface area contributed by atoms with Crippen molar-refractivity contribution in [3.63, 3.8) is 0 Å². The van der Waals surface area contributed by atoms with Gasteiger partial charge in [0.15, 0.2) is 0 Å². The van der Waals surface area contributed by atoms with Gasteiger partial charge in [-0.2, -0.15) is 0 Å². The van der Waals surface area contributed by atoms with Gasteiger partial charge in [0.1, 0.15) is 30.9 Å². The van der Waals surface area contributed by atoms with E-state index >= 15 is 0 Å². The molecule has 0 saturated heterocycles. The fourth-order valence-corrected chi connectivity index (χ4v) is 5.65. The molecule has 0 aliphatic rings. The van der Waals surface area contributed by atoms with Gasteiger partial charge in [-0.3, -0.25) is 24.0 Å². The van der Waals surface area contributed by atoms with Crippen LogP contribution in [0.1, 0.15) is 57.2 Å². The standard InChI is InChI=1S/C40H52N4O9/c1-26(45)41-33(24-29-18-12-7-13-19-29)39(52)43-30(20-21-35(47)48)38(51)44-32(23-28-16-10-6-11-17-28)37(50)36(49)31(22-27-14-8-5-9-15-27)42-34(46)25-53-40(2,3)4/h5-19,30-33,36-37,49-50H,20-25H2,1-4H3,(H,41,45)(H,42,46)(H,43,52)(H,44,51)(H,47,48)/t30-,31-,32-,33-,36+,37+/m0/s1. The molecule has 7 N–H and O–H groups in total. The number of rotatable bonds is 20. The van der Waals surface area contributed by atoms with Crippen LogP contribution in [0.5, 0.6) is 0 Å². The summed E-state index contributed by atoms with van der Waals surface area (Å²) in [7, 11) is 0. The molecule has 0 saturated carbocycles. The van der Waals surface area contributed by atoms with E-state index in [9.17, 15) is 39.3 Å². The van der Waals surface area contributed by atoms with E-state index in [-0.39, 0.29) is 32.3 Å². The Bertz CT molecular complexity index is 1620. The molecule has 0 aliphatic carbocycles. The van der Waals surface area contributed by atoms with Crippen molar-refractivity contribution < 1.29 is 44.0 Å². The maximum Gasteiger partial charge on any atom is 0.303 e. The molecule has 53 heavy (non-hydrogen) atoms. The van der Waals surface area contributed by atoms with Crippen LogP contribution in [0, 0.1) is 0 Å². The number of aliphatic carboxylic acids is 1. The van der Waals surface area contributed by atoms with Crippen molar-refractivity contribution >= 4 is 29.6 Å². The highest BCUT2D eigenvalue weighted by Gasteiger charge is 2.36. The number of aliphatic hydroxyl groups excluding tert-OH is 2. The first-order chi connectivity index (χ1) is 25.1. The van der Waals surface area contributed by atoms with E-state index in [0.717, 1.165) is 11.1 Å². The summed E-state index contributed by atoms with van der Waals surface area (Å²) >= 11 is 0. The van der Waals surface area contributed by atoms with Crippen molar-refractivity contribution in [1.82, 2.24) is 21.3 Å². The predicted octanol–water partition coefficient (Wildman–Crippen LogP) is 2.08. The summed E-state index contributed by atoms with van der Waals surface area (Å²) < 4.78 is 5.62.